The lowest BCUT2D eigenvalue weighted by molar-refractivity contribution is 0.263. The zero-order valence-corrected chi connectivity index (χ0v) is 81.0. The van der Waals surface area contributed by atoms with E-state index < -0.39 is 0 Å². The van der Waals surface area contributed by atoms with E-state index in [9.17, 15) is 0 Å². The van der Waals surface area contributed by atoms with E-state index in [-0.39, 0.29) is 0 Å². The number of fused-ring (bicyclic) bond motifs is 6. The highest BCUT2D eigenvalue weighted by atomic mass is 16.5. The average Bonchev–Trinajstić information content (AvgIpc) is 0.756. The molecule has 0 aliphatic carbocycles. The Balaban J connectivity index is 1.11. The van der Waals surface area contributed by atoms with Gasteiger partial charge in [-0.1, -0.05) is 461 Å². The molecule has 0 aromatic heterocycles. The monoisotopic (exact) mass is 1710 g/mol. The molecule has 0 saturated heterocycles. The van der Waals surface area contributed by atoms with Crippen LogP contribution in [0.5, 0.6) is 34.5 Å². The molecule has 0 unspecified atom stereocenters. The van der Waals surface area contributed by atoms with E-state index in [4.69, 9.17) is 28.4 Å². The molecule has 12 bridgehead atoms. The predicted octanol–water partition coefficient (Wildman–Crippen LogP) is 39.6. The quantitative estimate of drug-likeness (QED) is 0.0280. The van der Waals surface area contributed by atoms with Crippen molar-refractivity contribution in [3.05, 3.63) is 146 Å². The molecule has 0 fully saturated rings. The van der Waals surface area contributed by atoms with Crippen molar-refractivity contribution >= 4 is 97.0 Å². The van der Waals surface area contributed by atoms with E-state index in [0.29, 0.717) is 39.6 Å². The van der Waals surface area contributed by atoms with Crippen molar-refractivity contribution in [1.82, 2.24) is 0 Å². The van der Waals surface area contributed by atoms with Gasteiger partial charge in [0.05, 0.1) is 39.6 Å². The second kappa shape index (κ2) is 62.0. The molecule has 690 valence electrons. The summed E-state index contributed by atoms with van der Waals surface area (Å²) >= 11 is 0. The Bertz CT molecular complexity index is 4000. The van der Waals surface area contributed by atoms with Crippen LogP contribution >= 0.6 is 0 Å². The first kappa shape index (κ1) is 101. The first-order valence-corrected chi connectivity index (χ1v) is 53.4. The summed E-state index contributed by atoms with van der Waals surface area (Å²) in [6, 6.07) is 56.2. The first-order valence-electron chi connectivity index (χ1n) is 53.4. The van der Waals surface area contributed by atoms with Gasteiger partial charge in [-0.25, -0.2) is 0 Å². The molecular formula is C120H174O6. The van der Waals surface area contributed by atoms with Gasteiger partial charge in [-0.15, -0.1) is 0 Å². The summed E-state index contributed by atoms with van der Waals surface area (Å²) < 4.78 is 43.3. The van der Waals surface area contributed by atoms with Crippen LogP contribution < -0.4 is 28.4 Å². The number of hydrogen-bond acceptors (Lipinski definition) is 6. The molecule has 10 aromatic carbocycles. The van der Waals surface area contributed by atoms with Crippen molar-refractivity contribution in [2.75, 3.05) is 39.6 Å². The largest absolute Gasteiger partial charge is 0.489 e. The van der Waals surface area contributed by atoms with Crippen LogP contribution in [0.2, 0.25) is 0 Å². The van der Waals surface area contributed by atoms with E-state index in [1.54, 1.807) is 0 Å². The fourth-order valence-corrected chi connectivity index (χ4v) is 19.3. The molecule has 0 atom stereocenters. The van der Waals surface area contributed by atoms with E-state index in [1.165, 1.54) is 379 Å². The highest BCUT2D eigenvalue weighted by molar-refractivity contribution is 6.19. The zero-order chi connectivity index (χ0) is 87.7. The van der Waals surface area contributed by atoms with E-state index in [2.05, 4.69) is 187 Å². The maximum atomic E-state index is 7.22. The molecule has 0 spiro atoms. The Morgan fingerprint density at radius 1 is 0.119 bits per heavy atom. The van der Waals surface area contributed by atoms with Crippen LogP contribution in [0.15, 0.2) is 146 Å². The van der Waals surface area contributed by atoms with Gasteiger partial charge in [-0.05, 0) is 176 Å². The van der Waals surface area contributed by atoms with Gasteiger partial charge >= 0.3 is 0 Å². The van der Waals surface area contributed by atoms with Crippen LogP contribution in [0.4, 0.5) is 0 Å². The molecule has 0 heterocycles. The molecule has 0 amide bonds. The summed E-state index contributed by atoms with van der Waals surface area (Å²) in [6.07, 6.45) is 76.9. The Labute approximate surface area is 767 Å². The predicted molar refractivity (Wildman–Crippen MR) is 554 cm³/mol. The molecule has 126 heavy (non-hydrogen) atoms. The Morgan fingerprint density at radius 2 is 0.222 bits per heavy atom. The lowest BCUT2D eigenvalue weighted by atomic mass is 9.96. The minimum absolute atomic E-state index is 0.657. The van der Waals surface area contributed by atoms with Crippen molar-refractivity contribution in [2.45, 2.75) is 427 Å². The summed E-state index contributed by atoms with van der Waals surface area (Å²) in [5.41, 5.74) is 0. The fourth-order valence-electron chi connectivity index (χ4n) is 19.3. The Morgan fingerprint density at radius 3 is 0.341 bits per heavy atom. The summed E-state index contributed by atoms with van der Waals surface area (Å²) in [7, 11) is 0. The van der Waals surface area contributed by atoms with Crippen molar-refractivity contribution in [3.8, 4) is 34.5 Å². The maximum absolute atomic E-state index is 7.22. The molecule has 6 nitrogen and oxygen atoms in total. The number of benzene rings is 9. The van der Waals surface area contributed by atoms with Crippen LogP contribution in [0.3, 0.4) is 0 Å². The van der Waals surface area contributed by atoms with Crippen molar-refractivity contribution in [2.24, 2.45) is 0 Å². The lowest BCUT2D eigenvalue weighted by Crippen LogP contribution is -2.04. The molecule has 6 heteroatoms. The molecule has 10 rings (SSSR count). The van der Waals surface area contributed by atoms with Gasteiger partial charge in [0.15, 0.2) is 34.5 Å². The third-order valence-electron chi connectivity index (χ3n) is 27.1. The van der Waals surface area contributed by atoms with Crippen molar-refractivity contribution in [3.63, 3.8) is 0 Å². The van der Waals surface area contributed by atoms with Gasteiger partial charge in [0.1, 0.15) is 0 Å². The third-order valence-corrected chi connectivity index (χ3v) is 27.1. The molecule has 0 aliphatic rings. The minimum atomic E-state index is 0.657. The topological polar surface area (TPSA) is 55.4 Å². The van der Waals surface area contributed by atoms with E-state index in [1.807, 2.05) is 0 Å². The molecule has 10 aromatic rings. The lowest BCUT2D eigenvalue weighted by Gasteiger charge is -2.19. The minimum Gasteiger partial charge on any atom is -0.489 e. The first-order chi connectivity index (χ1) is 62.4. The van der Waals surface area contributed by atoms with E-state index in [0.717, 1.165) is 138 Å². The summed E-state index contributed by atoms with van der Waals surface area (Å²) in [5, 5.41) is 20.5. The Kier molecular flexibility index (Phi) is 49.5. The van der Waals surface area contributed by atoms with Crippen LogP contribution in [-0.2, 0) is 0 Å². The number of unbranched alkanes of at least 4 members (excludes halogenated alkanes) is 54. The SMILES string of the molecule is CCCCCCCCCCCCOc1c(OCCCCCCCCCCCC)c2ccc3ccc4ccc5c(OCCCCCCCCCCCC)c(OCCCCCCCCCCCC)c6ccc(ccc7ccc8c(OCCCCCCCCCCCC)c(OCCCCCCCCCCCC)c9ccc(ccc%10ccc1c(c%10)c2c3)cc9c8c7)cc6c5c4. The van der Waals surface area contributed by atoms with Crippen LogP contribution in [0.25, 0.3) is 97.0 Å². The molecule has 0 radical (unpaired) electrons. The smallest absolute Gasteiger partial charge is 0.169 e. The van der Waals surface area contributed by atoms with Gasteiger partial charge in [-0.3, -0.25) is 0 Å². The second-order valence-corrected chi connectivity index (χ2v) is 38.0. The van der Waals surface area contributed by atoms with Gasteiger partial charge in [0.2, 0.25) is 0 Å². The average molecular weight is 1710 g/mol. The van der Waals surface area contributed by atoms with Gasteiger partial charge in [-0.2, -0.15) is 0 Å². The highest BCUT2D eigenvalue weighted by Gasteiger charge is 2.23. The number of rotatable bonds is 72. The third kappa shape index (κ3) is 34.8. The number of ether oxygens (including phenoxy) is 6. The maximum Gasteiger partial charge on any atom is 0.169 e. The van der Waals surface area contributed by atoms with Crippen LogP contribution in [-0.4, -0.2) is 39.6 Å². The highest BCUT2D eigenvalue weighted by Crippen LogP contribution is 2.49. The second-order valence-electron chi connectivity index (χ2n) is 38.0. The van der Waals surface area contributed by atoms with E-state index >= 15 is 0 Å². The molecule has 0 aliphatic heterocycles. The van der Waals surface area contributed by atoms with Crippen LogP contribution in [0.1, 0.15) is 427 Å². The number of hydrogen-bond donors (Lipinski definition) is 0. The summed E-state index contributed by atoms with van der Waals surface area (Å²) in [6.45, 7) is 17.8. The zero-order valence-electron chi connectivity index (χ0n) is 81.0. The van der Waals surface area contributed by atoms with Gasteiger partial charge < -0.3 is 28.4 Å². The van der Waals surface area contributed by atoms with Gasteiger partial charge in [0, 0.05) is 32.3 Å². The summed E-state index contributed by atoms with van der Waals surface area (Å²) in [4.78, 5) is 0. The molecule has 0 saturated carbocycles. The molecular weight excluding hydrogens is 1540 g/mol. The van der Waals surface area contributed by atoms with Gasteiger partial charge in [0.25, 0.3) is 0 Å². The standard InChI is InChI=1S/C120H174O6/c1-7-13-19-25-31-37-43-49-55-61-85-121-115-103-79-73-97-67-68-99-75-81-105-111(93-99)113-95-101(77-83-107(113)119(125-89-65-59-53-47-41-35-29-23-17-11-5)117(105)123-87-63-57-51-45-39-33-27-21-15-9-3)71-72-102-78-84-108-114(96-102)112-94-100(70-69-98-74-80-104(110(92-98)109(103)91-97)116(115)122-86-62-56-50-44-38-32-26-20-14-8-2)76-82-106(112)118(124-88-64-58-52-46-40-34-28-22-16-10-4)120(108)126-90-66-60-54-48-42-36-30-24-18-12-6/h67-84,91-96H,7-66,85-90H2,1-6H3. The van der Waals surface area contributed by atoms with Crippen LogP contribution in [0, 0.1) is 0 Å². The summed E-state index contributed by atoms with van der Waals surface area (Å²) in [5.74, 6) is 5.29. The van der Waals surface area contributed by atoms with Crippen molar-refractivity contribution in [1.29, 1.82) is 0 Å². The Hall–Kier alpha value is -7.44. The normalized spacial score (nSPS) is 11.8. The fraction of sp³-hybridized carbons (Fsp3) is 0.600. The molecule has 0 N–H and O–H groups in total. The van der Waals surface area contributed by atoms with Crippen molar-refractivity contribution < 1.29 is 28.4 Å².